The van der Waals surface area contributed by atoms with Crippen molar-refractivity contribution in [2.45, 2.75) is 38.8 Å². The molecule has 1 aliphatic heterocycles. The number of rotatable bonds is 5. The highest BCUT2D eigenvalue weighted by Gasteiger charge is 2.33. The van der Waals surface area contributed by atoms with Crippen molar-refractivity contribution in [3.8, 4) is 0 Å². The maximum atomic E-state index is 12.3. The first-order valence-corrected chi connectivity index (χ1v) is 7.98. The summed E-state index contributed by atoms with van der Waals surface area (Å²) in [5.41, 5.74) is 0.707. The number of nitrogens with one attached hydrogen (secondary N) is 2. The van der Waals surface area contributed by atoms with Crippen molar-refractivity contribution < 1.29 is 19.4 Å². The number of amides is 2. The molecule has 1 aromatic heterocycles. The first kappa shape index (κ1) is 17.6. The summed E-state index contributed by atoms with van der Waals surface area (Å²) in [5.74, 6) is -0.215. The molecule has 0 spiro atoms. The molecule has 2 amide bonds. The van der Waals surface area contributed by atoms with Crippen LogP contribution in [-0.2, 0) is 11.2 Å². The Labute approximate surface area is 139 Å². The molecule has 1 saturated heterocycles. The van der Waals surface area contributed by atoms with Crippen LogP contribution in [0.5, 0.6) is 0 Å². The molecular formula is C14H21ClN4O4. The number of halogens is 1. The Morgan fingerprint density at radius 1 is 1.52 bits per heavy atom. The number of aromatic amines is 1. The molecule has 0 saturated carbocycles. The monoisotopic (exact) mass is 344 g/mol. The zero-order valence-corrected chi connectivity index (χ0v) is 13.9. The van der Waals surface area contributed by atoms with Gasteiger partial charge in [-0.2, -0.15) is 0 Å². The standard InChI is InChI=1S/C14H21ClN4O4/c1-3-8-11(15)18-12(16-8)13(20)17-9-5-6-19(14(21)22)7-10(9)23-4-2/h9-10H,3-7H2,1-2H3,(H,16,18)(H,17,20)(H,21,22)/t9-,10+/m0/s1. The molecule has 0 radical (unpaired) electrons. The van der Waals surface area contributed by atoms with Crippen molar-refractivity contribution in [1.82, 2.24) is 20.2 Å². The predicted octanol–water partition coefficient (Wildman–Crippen LogP) is 1.51. The van der Waals surface area contributed by atoms with Gasteiger partial charge >= 0.3 is 6.09 Å². The van der Waals surface area contributed by atoms with E-state index in [1.807, 2.05) is 13.8 Å². The van der Waals surface area contributed by atoms with E-state index in [0.29, 0.717) is 36.8 Å². The number of H-pyrrole nitrogens is 1. The highest BCUT2D eigenvalue weighted by atomic mass is 35.5. The van der Waals surface area contributed by atoms with Crippen LogP contribution in [0.25, 0.3) is 0 Å². The molecule has 0 unspecified atom stereocenters. The molecule has 2 atom stereocenters. The zero-order chi connectivity index (χ0) is 17.0. The quantitative estimate of drug-likeness (QED) is 0.750. The molecule has 1 aromatic rings. The van der Waals surface area contributed by atoms with Gasteiger partial charge in [-0.1, -0.05) is 18.5 Å². The van der Waals surface area contributed by atoms with Gasteiger partial charge in [-0.15, -0.1) is 0 Å². The second-order valence-electron chi connectivity index (χ2n) is 5.30. The second kappa shape index (κ2) is 7.65. The van der Waals surface area contributed by atoms with E-state index in [2.05, 4.69) is 15.3 Å². The van der Waals surface area contributed by atoms with Gasteiger partial charge in [0.15, 0.2) is 11.0 Å². The maximum Gasteiger partial charge on any atom is 0.407 e. The Morgan fingerprint density at radius 2 is 2.26 bits per heavy atom. The van der Waals surface area contributed by atoms with Crippen molar-refractivity contribution in [3.05, 3.63) is 16.7 Å². The van der Waals surface area contributed by atoms with Gasteiger partial charge in [0, 0.05) is 13.2 Å². The summed E-state index contributed by atoms with van der Waals surface area (Å²) in [6.07, 6.45) is -0.232. The van der Waals surface area contributed by atoms with Gasteiger partial charge in [0.2, 0.25) is 0 Å². The van der Waals surface area contributed by atoms with Crippen molar-refractivity contribution in [2.75, 3.05) is 19.7 Å². The molecule has 0 aliphatic carbocycles. The number of likely N-dealkylation sites (tertiary alicyclic amines) is 1. The molecule has 128 valence electrons. The number of nitrogens with zero attached hydrogens (tertiary/aromatic N) is 2. The SMILES string of the molecule is CCO[C@@H]1CN(C(=O)O)CC[C@@H]1NC(=O)c1nc(Cl)c(CC)[nH]1. The van der Waals surface area contributed by atoms with Gasteiger partial charge in [0.1, 0.15) is 0 Å². The molecule has 1 aliphatic rings. The van der Waals surface area contributed by atoms with E-state index in [-0.39, 0.29) is 30.4 Å². The Bertz CT molecular complexity index is 577. The third-order valence-corrected chi connectivity index (χ3v) is 4.14. The van der Waals surface area contributed by atoms with E-state index in [4.69, 9.17) is 21.4 Å². The molecule has 0 aromatic carbocycles. The molecule has 2 rings (SSSR count). The lowest BCUT2D eigenvalue weighted by Gasteiger charge is -2.37. The van der Waals surface area contributed by atoms with E-state index in [0.717, 1.165) is 0 Å². The van der Waals surface area contributed by atoms with Crippen molar-refractivity contribution in [2.24, 2.45) is 0 Å². The summed E-state index contributed by atoms with van der Waals surface area (Å²) in [6, 6.07) is -0.271. The van der Waals surface area contributed by atoms with Crippen LogP contribution in [0.4, 0.5) is 4.79 Å². The average Bonchev–Trinajstić information content (AvgIpc) is 2.90. The summed E-state index contributed by atoms with van der Waals surface area (Å²) in [6.45, 7) is 4.76. The first-order chi connectivity index (χ1) is 11.0. The Kier molecular flexibility index (Phi) is 5.84. The van der Waals surface area contributed by atoms with Crippen LogP contribution in [0.1, 0.15) is 36.6 Å². The van der Waals surface area contributed by atoms with Crippen LogP contribution in [0.3, 0.4) is 0 Å². The van der Waals surface area contributed by atoms with Crippen molar-refractivity contribution in [1.29, 1.82) is 0 Å². The number of aromatic nitrogens is 2. The minimum atomic E-state index is -0.982. The molecule has 9 heteroatoms. The summed E-state index contributed by atoms with van der Waals surface area (Å²) < 4.78 is 5.59. The fourth-order valence-corrected chi connectivity index (χ4v) is 2.87. The number of carbonyl (C=O) groups is 2. The lowest BCUT2D eigenvalue weighted by atomic mass is 10.0. The lowest BCUT2D eigenvalue weighted by molar-refractivity contribution is -0.0112. The molecule has 1 fully saturated rings. The van der Waals surface area contributed by atoms with Crippen LogP contribution in [0.15, 0.2) is 0 Å². The zero-order valence-electron chi connectivity index (χ0n) is 13.1. The largest absolute Gasteiger partial charge is 0.465 e. The number of aryl methyl sites for hydroxylation is 1. The number of ether oxygens (including phenoxy) is 1. The topological polar surface area (TPSA) is 108 Å². The Balaban J connectivity index is 2.04. The summed E-state index contributed by atoms with van der Waals surface area (Å²) >= 11 is 5.95. The van der Waals surface area contributed by atoms with Gasteiger partial charge in [-0.05, 0) is 19.8 Å². The molecule has 8 nitrogen and oxygen atoms in total. The van der Waals surface area contributed by atoms with Crippen molar-refractivity contribution >= 4 is 23.6 Å². The molecular weight excluding hydrogens is 324 g/mol. The van der Waals surface area contributed by atoms with Crippen LogP contribution < -0.4 is 5.32 Å². The third-order valence-electron chi connectivity index (χ3n) is 3.82. The number of piperidine rings is 1. The van der Waals surface area contributed by atoms with E-state index in [9.17, 15) is 9.59 Å². The first-order valence-electron chi connectivity index (χ1n) is 7.60. The highest BCUT2D eigenvalue weighted by Crippen LogP contribution is 2.17. The minimum Gasteiger partial charge on any atom is -0.465 e. The fraction of sp³-hybridized carbons (Fsp3) is 0.643. The Hall–Kier alpha value is -1.80. The molecule has 0 bridgehead atoms. The van der Waals surface area contributed by atoms with Crippen LogP contribution in [0.2, 0.25) is 5.15 Å². The van der Waals surface area contributed by atoms with Crippen molar-refractivity contribution in [3.63, 3.8) is 0 Å². The summed E-state index contributed by atoms with van der Waals surface area (Å²) in [5, 5.41) is 12.2. The summed E-state index contributed by atoms with van der Waals surface area (Å²) in [7, 11) is 0. The minimum absolute atomic E-state index is 0.155. The summed E-state index contributed by atoms with van der Waals surface area (Å²) in [4.78, 5) is 31.6. The van der Waals surface area contributed by atoms with Gasteiger partial charge in [-0.25, -0.2) is 9.78 Å². The smallest absolute Gasteiger partial charge is 0.407 e. The van der Waals surface area contributed by atoms with Crippen LogP contribution in [0, 0.1) is 0 Å². The highest BCUT2D eigenvalue weighted by molar-refractivity contribution is 6.30. The fourth-order valence-electron chi connectivity index (χ4n) is 2.60. The van der Waals surface area contributed by atoms with E-state index in [1.165, 1.54) is 4.90 Å². The van der Waals surface area contributed by atoms with Gasteiger partial charge in [-0.3, -0.25) is 4.79 Å². The van der Waals surface area contributed by atoms with Crippen LogP contribution >= 0.6 is 11.6 Å². The van der Waals surface area contributed by atoms with E-state index in [1.54, 1.807) is 0 Å². The number of hydrogen-bond donors (Lipinski definition) is 3. The van der Waals surface area contributed by atoms with Gasteiger partial charge in [0.25, 0.3) is 5.91 Å². The van der Waals surface area contributed by atoms with E-state index >= 15 is 0 Å². The number of hydrogen-bond acceptors (Lipinski definition) is 4. The van der Waals surface area contributed by atoms with Gasteiger partial charge in [0.05, 0.1) is 24.4 Å². The maximum absolute atomic E-state index is 12.3. The number of imidazole rings is 1. The average molecular weight is 345 g/mol. The molecule has 23 heavy (non-hydrogen) atoms. The predicted molar refractivity (Wildman–Crippen MR) is 83.9 cm³/mol. The van der Waals surface area contributed by atoms with E-state index < -0.39 is 6.09 Å². The molecule has 2 heterocycles. The number of carbonyl (C=O) groups excluding carboxylic acids is 1. The molecule has 3 N–H and O–H groups in total. The third kappa shape index (κ3) is 4.14. The van der Waals surface area contributed by atoms with Crippen LogP contribution in [-0.4, -0.2) is 63.8 Å². The Morgan fingerprint density at radius 3 is 2.83 bits per heavy atom. The van der Waals surface area contributed by atoms with Gasteiger partial charge < -0.3 is 25.0 Å². The lowest BCUT2D eigenvalue weighted by Crippen LogP contribution is -2.56. The second-order valence-corrected chi connectivity index (χ2v) is 5.66. The number of carboxylic acid groups (broad SMARTS) is 1. The normalized spacial score (nSPS) is 21.3.